The summed E-state index contributed by atoms with van der Waals surface area (Å²) in [6.07, 6.45) is 1.66. The highest BCUT2D eigenvalue weighted by atomic mass is 79.9. The molecule has 2 aliphatic rings. The van der Waals surface area contributed by atoms with E-state index in [0.717, 1.165) is 12.8 Å². The van der Waals surface area contributed by atoms with Crippen molar-refractivity contribution >= 4 is 62.1 Å². The molecule has 8 nitrogen and oxygen atoms in total. The number of fused-ring (bicyclic) bond motifs is 3. The fourth-order valence-corrected chi connectivity index (χ4v) is 6.21. The molecule has 2 bridgehead atoms. The largest absolute Gasteiger partial charge is 0.444 e. The van der Waals surface area contributed by atoms with Gasteiger partial charge in [-0.15, -0.1) is 0 Å². The number of ether oxygens (including phenoxy) is 1. The number of aliphatic hydroxyl groups is 1. The molecule has 34 heavy (non-hydrogen) atoms. The van der Waals surface area contributed by atoms with Crippen molar-refractivity contribution in [3.05, 3.63) is 15.6 Å². The number of rotatable bonds is 5. The van der Waals surface area contributed by atoms with Gasteiger partial charge in [-0.1, -0.05) is 30.3 Å². The van der Waals surface area contributed by atoms with E-state index >= 15 is 4.39 Å². The number of anilines is 1. The molecular formula is C22H28BrClFN5O3S. The molecule has 2 aliphatic heterocycles. The summed E-state index contributed by atoms with van der Waals surface area (Å²) in [6, 6.07) is -0.498. The van der Waals surface area contributed by atoms with Crippen LogP contribution in [0.4, 0.5) is 15.0 Å². The molecule has 0 radical (unpaired) electrons. The topological polar surface area (TPSA) is 91.7 Å². The first-order valence-electron chi connectivity index (χ1n) is 11.3. The summed E-state index contributed by atoms with van der Waals surface area (Å²) in [4.78, 5) is 30.3. The summed E-state index contributed by atoms with van der Waals surface area (Å²) in [5.41, 5.74) is -0.514. The van der Waals surface area contributed by atoms with Crippen LogP contribution in [0.15, 0.2) is 9.76 Å². The van der Waals surface area contributed by atoms with Gasteiger partial charge in [0.2, 0.25) is 0 Å². The monoisotopic (exact) mass is 575 g/mol. The smallest absolute Gasteiger partial charge is 0.410 e. The lowest BCUT2D eigenvalue weighted by atomic mass is 9.99. The molecular weight excluding hydrogens is 549 g/mol. The van der Waals surface area contributed by atoms with Gasteiger partial charge in [0.05, 0.1) is 23.5 Å². The van der Waals surface area contributed by atoms with Crippen molar-refractivity contribution in [2.24, 2.45) is 0 Å². The number of hydrogen-bond acceptors (Lipinski definition) is 8. The van der Waals surface area contributed by atoms with Gasteiger partial charge in [-0.25, -0.2) is 24.1 Å². The number of hydrogen-bond donors (Lipinski definition) is 1. The number of carbonyl (C=O) groups is 1. The van der Waals surface area contributed by atoms with Crippen LogP contribution < -0.4 is 4.90 Å². The molecule has 0 spiro atoms. The Morgan fingerprint density at radius 1 is 1.32 bits per heavy atom. The first kappa shape index (κ1) is 25.7. The minimum atomic E-state index is -0.699. The van der Waals surface area contributed by atoms with Gasteiger partial charge in [0.1, 0.15) is 21.5 Å². The Balaban J connectivity index is 1.82. The maximum Gasteiger partial charge on any atom is 0.410 e. The first-order valence-corrected chi connectivity index (χ1v) is 13.4. The average molecular weight is 577 g/mol. The van der Waals surface area contributed by atoms with Gasteiger partial charge in [0, 0.05) is 13.2 Å². The Labute approximate surface area is 215 Å². The van der Waals surface area contributed by atoms with Crippen molar-refractivity contribution in [3.8, 4) is 0 Å². The predicted octanol–water partition coefficient (Wildman–Crippen LogP) is 5.03. The molecule has 186 valence electrons. The Morgan fingerprint density at radius 3 is 2.71 bits per heavy atom. The van der Waals surface area contributed by atoms with E-state index in [4.69, 9.17) is 21.3 Å². The highest BCUT2D eigenvalue weighted by molar-refractivity contribution is 9.10. The quantitative estimate of drug-likeness (QED) is 0.301. The van der Waals surface area contributed by atoms with Crippen LogP contribution >= 0.6 is 39.3 Å². The fourth-order valence-electron chi connectivity index (χ4n) is 4.83. The van der Waals surface area contributed by atoms with E-state index in [1.165, 1.54) is 11.8 Å². The van der Waals surface area contributed by atoms with Crippen LogP contribution in [0.1, 0.15) is 47.0 Å². The van der Waals surface area contributed by atoms with Gasteiger partial charge < -0.3 is 14.7 Å². The second kappa shape index (κ2) is 9.91. The molecule has 4 heterocycles. The number of halogens is 3. The van der Waals surface area contributed by atoms with Crippen molar-refractivity contribution < 1.29 is 19.0 Å². The molecule has 2 saturated heterocycles. The predicted molar refractivity (Wildman–Crippen MR) is 134 cm³/mol. The molecule has 2 fully saturated rings. The number of thioether (sulfide) groups is 1. The molecule has 2 aromatic heterocycles. The number of pyridine rings is 1. The number of carbonyl (C=O) groups excluding carboxylic acids is 1. The van der Waals surface area contributed by atoms with Crippen molar-refractivity contribution in [1.82, 2.24) is 19.9 Å². The van der Waals surface area contributed by atoms with E-state index in [0.29, 0.717) is 39.7 Å². The second-order valence-corrected chi connectivity index (χ2v) is 11.8. The van der Waals surface area contributed by atoms with E-state index in [1.54, 1.807) is 0 Å². The number of amides is 1. The average Bonchev–Trinajstić information content (AvgIpc) is 3.08. The third-order valence-corrected chi connectivity index (χ3v) is 7.59. The zero-order valence-electron chi connectivity index (χ0n) is 19.5. The van der Waals surface area contributed by atoms with Crippen LogP contribution in [0.2, 0.25) is 5.15 Å². The Hall–Kier alpha value is -1.43. The van der Waals surface area contributed by atoms with Crippen LogP contribution in [0, 0.1) is 5.82 Å². The lowest BCUT2D eigenvalue weighted by molar-refractivity contribution is 0.00631. The Kier molecular flexibility index (Phi) is 7.48. The van der Waals surface area contributed by atoms with Crippen LogP contribution in [-0.4, -0.2) is 73.7 Å². The summed E-state index contributed by atoms with van der Waals surface area (Å²) in [7, 11) is 0. The Bertz CT molecular complexity index is 1100. The summed E-state index contributed by atoms with van der Waals surface area (Å²) in [5.74, 6) is 0.537. The standard InChI is InChI=1S/C22H28BrClFN5O3S/c1-5-34-20-26-16-14(17(23)27-18(24)15(16)25)19(28-20)29-10-11-6-7-13(12(29)8-9-31)30(11)21(32)33-22(2,3)4/h11-13,31H,5-10H2,1-4H3/t11-,12-,13+/m1/s1. The summed E-state index contributed by atoms with van der Waals surface area (Å²) >= 11 is 10.8. The molecule has 0 aliphatic carbocycles. The minimum Gasteiger partial charge on any atom is -0.444 e. The Morgan fingerprint density at radius 2 is 2.06 bits per heavy atom. The normalized spacial score (nSPS) is 22.5. The van der Waals surface area contributed by atoms with E-state index in [2.05, 4.69) is 30.8 Å². The number of piperazine rings is 1. The summed E-state index contributed by atoms with van der Waals surface area (Å²) < 4.78 is 21.1. The number of aromatic nitrogens is 3. The SMILES string of the molecule is CCSc1nc(N2C[C@H]3CC[C@@H]([C@H]2CCO)N3C(=O)OC(C)(C)C)c2c(Br)nc(Cl)c(F)c2n1. The third-order valence-electron chi connectivity index (χ3n) is 6.03. The van der Waals surface area contributed by atoms with Crippen molar-refractivity contribution in [2.75, 3.05) is 23.8 Å². The van der Waals surface area contributed by atoms with Crippen molar-refractivity contribution in [2.45, 2.75) is 75.8 Å². The number of aliphatic hydroxyl groups excluding tert-OH is 1. The van der Waals surface area contributed by atoms with Gasteiger partial charge in [-0.3, -0.25) is 4.90 Å². The molecule has 1 N–H and O–H groups in total. The van der Waals surface area contributed by atoms with Gasteiger partial charge >= 0.3 is 6.09 Å². The van der Waals surface area contributed by atoms with Gasteiger partial charge in [-0.05, 0) is 61.7 Å². The molecule has 0 unspecified atom stereocenters. The van der Waals surface area contributed by atoms with Crippen molar-refractivity contribution in [1.29, 1.82) is 0 Å². The fraction of sp³-hybridized carbons (Fsp3) is 0.636. The molecule has 1 amide bonds. The zero-order valence-corrected chi connectivity index (χ0v) is 22.7. The zero-order chi connectivity index (χ0) is 24.8. The molecule has 12 heteroatoms. The second-order valence-electron chi connectivity index (χ2n) is 9.41. The van der Waals surface area contributed by atoms with Gasteiger partial charge in [-0.2, -0.15) is 0 Å². The first-order chi connectivity index (χ1) is 16.1. The van der Waals surface area contributed by atoms with E-state index in [1.807, 2.05) is 32.6 Å². The lowest BCUT2D eigenvalue weighted by Crippen LogP contribution is -2.62. The molecule has 2 aromatic rings. The van der Waals surface area contributed by atoms with E-state index in [9.17, 15) is 9.90 Å². The minimum absolute atomic E-state index is 0.0658. The van der Waals surface area contributed by atoms with Gasteiger partial charge in [0.15, 0.2) is 16.1 Å². The maximum atomic E-state index is 15.0. The molecule has 0 saturated carbocycles. The lowest BCUT2D eigenvalue weighted by Gasteiger charge is -2.47. The van der Waals surface area contributed by atoms with Crippen LogP contribution in [-0.2, 0) is 4.74 Å². The molecule has 3 atom stereocenters. The van der Waals surface area contributed by atoms with Gasteiger partial charge in [0.25, 0.3) is 0 Å². The van der Waals surface area contributed by atoms with Crippen LogP contribution in [0.3, 0.4) is 0 Å². The summed E-state index contributed by atoms with van der Waals surface area (Å²) in [5, 5.41) is 10.5. The van der Waals surface area contributed by atoms with E-state index < -0.39 is 11.4 Å². The van der Waals surface area contributed by atoms with Crippen molar-refractivity contribution in [3.63, 3.8) is 0 Å². The van der Waals surface area contributed by atoms with Crippen LogP contribution in [0.5, 0.6) is 0 Å². The molecule has 0 aromatic carbocycles. The highest BCUT2D eigenvalue weighted by Crippen LogP contribution is 2.42. The van der Waals surface area contributed by atoms with Crippen LogP contribution in [0.25, 0.3) is 10.9 Å². The maximum absolute atomic E-state index is 15.0. The summed E-state index contributed by atoms with van der Waals surface area (Å²) in [6.45, 7) is 7.91. The molecule has 4 rings (SSSR count). The van der Waals surface area contributed by atoms with E-state index in [-0.39, 0.29) is 41.5 Å². The highest BCUT2D eigenvalue weighted by Gasteiger charge is 2.50. The third kappa shape index (κ3) is 4.81. The number of nitrogens with zero attached hydrogens (tertiary/aromatic N) is 5.